The SMILES string of the molecule is CC(C)N(CCCO)C(=O)/C=C/C(=O)O. The molecule has 0 radical (unpaired) electrons. The summed E-state index contributed by atoms with van der Waals surface area (Å²) >= 11 is 0. The van der Waals surface area contributed by atoms with Crippen molar-refractivity contribution in [2.45, 2.75) is 26.3 Å². The van der Waals surface area contributed by atoms with Crippen LogP contribution in [0.1, 0.15) is 20.3 Å². The fraction of sp³-hybridized carbons (Fsp3) is 0.600. The maximum absolute atomic E-state index is 11.5. The molecule has 0 aliphatic rings. The summed E-state index contributed by atoms with van der Waals surface area (Å²) < 4.78 is 0. The van der Waals surface area contributed by atoms with E-state index >= 15 is 0 Å². The molecule has 0 unspecified atom stereocenters. The van der Waals surface area contributed by atoms with Crippen LogP contribution in [0, 0.1) is 0 Å². The van der Waals surface area contributed by atoms with E-state index in [4.69, 9.17) is 10.2 Å². The van der Waals surface area contributed by atoms with E-state index in [0.29, 0.717) is 13.0 Å². The van der Waals surface area contributed by atoms with Gasteiger partial charge in [-0.15, -0.1) is 0 Å². The van der Waals surface area contributed by atoms with Crippen LogP contribution in [0.15, 0.2) is 12.2 Å². The van der Waals surface area contributed by atoms with Crippen LogP contribution in [0.3, 0.4) is 0 Å². The Morgan fingerprint density at radius 3 is 2.33 bits per heavy atom. The second-order valence-electron chi connectivity index (χ2n) is 3.37. The van der Waals surface area contributed by atoms with E-state index in [0.717, 1.165) is 12.2 Å². The Balaban J connectivity index is 4.35. The Morgan fingerprint density at radius 1 is 1.33 bits per heavy atom. The van der Waals surface area contributed by atoms with Gasteiger partial charge in [0.2, 0.25) is 5.91 Å². The number of nitrogens with zero attached hydrogens (tertiary/aromatic N) is 1. The normalized spacial score (nSPS) is 10.9. The fourth-order valence-electron chi connectivity index (χ4n) is 1.10. The molecule has 5 nitrogen and oxygen atoms in total. The van der Waals surface area contributed by atoms with Crippen molar-refractivity contribution >= 4 is 11.9 Å². The van der Waals surface area contributed by atoms with E-state index in [2.05, 4.69) is 0 Å². The summed E-state index contributed by atoms with van der Waals surface area (Å²) in [6, 6.07) is -0.0116. The standard InChI is InChI=1S/C10H17NO4/c1-8(2)11(6-3-7-12)9(13)4-5-10(14)15/h4-5,8,12H,3,6-7H2,1-2H3,(H,14,15)/b5-4+. The minimum atomic E-state index is -1.14. The highest BCUT2D eigenvalue weighted by Gasteiger charge is 2.13. The van der Waals surface area contributed by atoms with Crippen molar-refractivity contribution in [2.75, 3.05) is 13.2 Å². The number of aliphatic carboxylic acids is 1. The minimum Gasteiger partial charge on any atom is -0.478 e. The molecule has 0 heterocycles. The fourth-order valence-corrected chi connectivity index (χ4v) is 1.10. The largest absolute Gasteiger partial charge is 0.478 e. The van der Waals surface area contributed by atoms with Gasteiger partial charge in [0.25, 0.3) is 0 Å². The summed E-state index contributed by atoms with van der Waals surface area (Å²) in [6.45, 7) is 4.11. The Bertz CT molecular complexity index is 248. The molecule has 0 bridgehead atoms. The molecule has 2 N–H and O–H groups in total. The first kappa shape index (κ1) is 13.6. The Hall–Kier alpha value is -1.36. The van der Waals surface area contributed by atoms with Gasteiger partial charge in [0, 0.05) is 31.3 Å². The Labute approximate surface area is 89.0 Å². The lowest BCUT2D eigenvalue weighted by atomic mass is 10.2. The van der Waals surface area contributed by atoms with Crippen molar-refractivity contribution in [3.63, 3.8) is 0 Å². The van der Waals surface area contributed by atoms with E-state index in [-0.39, 0.29) is 18.6 Å². The quantitative estimate of drug-likeness (QED) is 0.622. The van der Waals surface area contributed by atoms with Crippen molar-refractivity contribution < 1.29 is 19.8 Å². The molecule has 0 aromatic heterocycles. The molecular weight excluding hydrogens is 198 g/mol. The minimum absolute atomic E-state index is 0.0116. The Morgan fingerprint density at radius 2 is 1.93 bits per heavy atom. The van der Waals surface area contributed by atoms with Crippen LogP contribution in [-0.2, 0) is 9.59 Å². The molecule has 5 heteroatoms. The number of hydrogen-bond donors (Lipinski definition) is 2. The number of aliphatic hydroxyl groups excluding tert-OH is 1. The highest BCUT2D eigenvalue weighted by molar-refractivity contribution is 5.94. The summed E-state index contributed by atoms with van der Waals surface area (Å²) in [5.41, 5.74) is 0. The predicted octanol–water partition coefficient (Wildman–Crippen LogP) is 0.247. The zero-order valence-electron chi connectivity index (χ0n) is 9.01. The number of carboxylic acid groups (broad SMARTS) is 1. The van der Waals surface area contributed by atoms with Gasteiger partial charge in [0.05, 0.1) is 0 Å². The molecule has 0 atom stereocenters. The molecule has 15 heavy (non-hydrogen) atoms. The number of amides is 1. The third kappa shape index (κ3) is 5.85. The molecule has 86 valence electrons. The van der Waals surface area contributed by atoms with Crippen LogP contribution in [0.25, 0.3) is 0 Å². The van der Waals surface area contributed by atoms with E-state index < -0.39 is 5.97 Å². The molecule has 0 spiro atoms. The van der Waals surface area contributed by atoms with Crippen molar-refractivity contribution in [1.29, 1.82) is 0 Å². The molecule has 0 aromatic rings. The number of carboxylic acids is 1. The van der Waals surface area contributed by atoms with Crippen LogP contribution in [0.2, 0.25) is 0 Å². The van der Waals surface area contributed by atoms with Gasteiger partial charge >= 0.3 is 5.97 Å². The van der Waals surface area contributed by atoms with Gasteiger partial charge in [-0.2, -0.15) is 0 Å². The monoisotopic (exact) mass is 215 g/mol. The van der Waals surface area contributed by atoms with Crippen LogP contribution >= 0.6 is 0 Å². The zero-order valence-corrected chi connectivity index (χ0v) is 9.01. The third-order valence-corrected chi connectivity index (χ3v) is 1.83. The number of rotatable bonds is 6. The molecule has 0 aromatic carbocycles. The molecule has 0 saturated heterocycles. The number of aliphatic hydroxyl groups is 1. The number of carbonyl (C=O) groups excluding carboxylic acids is 1. The van der Waals surface area contributed by atoms with Crippen LogP contribution < -0.4 is 0 Å². The maximum Gasteiger partial charge on any atom is 0.328 e. The van der Waals surface area contributed by atoms with Crippen molar-refractivity contribution in [1.82, 2.24) is 4.90 Å². The van der Waals surface area contributed by atoms with Crippen LogP contribution in [0.5, 0.6) is 0 Å². The summed E-state index contributed by atoms with van der Waals surface area (Å²) in [6.07, 6.45) is 2.33. The molecule has 1 amide bonds. The first-order valence-corrected chi connectivity index (χ1v) is 4.81. The van der Waals surface area contributed by atoms with E-state index in [1.54, 1.807) is 0 Å². The zero-order chi connectivity index (χ0) is 11.8. The van der Waals surface area contributed by atoms with Gasteiger partial charge < -0.3 is 15.1 Å². The smallest absolute Gasteiger partial charge is 0.328 e. The molecular formula is C10H17NO4. The molecule has 0 aliphatic carbocycles. The van der Waals surface area contributed by atoms with Crippen molar-refractivity contribution in [3.8, 4) is 0 Å². The molecule has 0 aliphatic heterocycles. The average Bonchev–Trinajstić information content (AvgIpc) is 2.14. The van der Waals surface area contributed by atoms with Gasteiger partial charge in [-0.05, 0) is 20.3 Å². The summed E-state index contributed by atoms with van der Waals surface area (Å²) in [5.74, 6) is -1.49. The average molecular weight is 215 g/mol. The molecule has 0 rings (SSSR count). The van der Waals surface area contributed by atoms with Gasteiger partial charge in [-0.1, -0.05) is 0 Å². The van der Waals surface area contributed by atoms with Gasteiger partial charge in [0.15, 0.2) is 0 Å². The summed E-state index contributed by atoms with van der Waals surface area (Å²) in [7, 11) is 0. The van der Waals surface area contributed by atoms with Gasteiger partial charge in [-0.25, -0.2) is 4.79 Å². The summed E-state index contributed by atoms with van der Waals surface area (Å²) in [4.78, 5) is 23.2. The van der Waals surface area contributed by atoms with E-state index in [1.165, 1.54) is 4.90 Å². The maximum atomic E-state index is 11.5. The van der Waals surface area contributed by atoms with Crippen LogP contribution in [-0.4, -0.2) is 46.2 Å². The highest BCUT2D eigenvalue weighted by Crippen LogP contribution is 2.01. The molecule has 0 saturated carbocycles. The topological polar surface area (TPSA) is 77.8 Å². The molecule has 0 fully saturated rings. The van der Waals surface area contributed by atoms with Gasteiger partial charge in [-0.3, -0.25) is 4.79 Å². The first-order valence-electron chi connectivity index (χ1n) is 4.81. The lowest BCUT2D eigenvalue weighted by molar-refractivity contribution is -0.132. The van der Waals surface area contributed by atoms with Crippen molar-refractivity contribution in [3.05, 3.63) is 12.2 Å². The lowest BCUT2D eigenvalue weighted by Crippen LogP contribution is -2.37. The highest BCUT2D eigenvalue weighted by atomic mass is 16.4. The van der Waals surface area contributed by atoms with Crippen LogP contribution in [0.4, 0.5) is 0 Å². The van der Waals surface area contributed by atoms with E-state index in [9.17, 15) is 9.59 Å². The number of hydrogen-bond acceptors (Lipinski definition) is 3. The predicted molar refractivity (Wildman–Crippen MR) is 55.3 cm³/mol. The van der Waals surface area contributed by atoms with Gasteiger partial charge in [0.1, 0.15) is 0 Å². The summed E-state index contributed by atoms with van der Waals surface area (Å²) in [5, 5.41) is 17.0. The lowest BCUT2D eigenvalue weighted by Gasteiger charge is -2.25. The Kier molecular flexibility index (Phi) is 6.37. The number of carbonyl (C=O) groups is 2. The first-order chi connectivity index (χ1) is 6.99. The second kappa shape index (κ2) is 7.00. The van der Waals surface area contributed by atoms with Crippen molar-refractivity contribution in [2.24, 2.45) is 0 Å². The van der Waals surface area contributed by atoms with E-state index in [1.807, 2.05) is 13.8 Å². The third-order valence-electron chi connectivity index (χ3n) is 1.83. The second-order valence-corrected chi connectivity index (χ2v) is 3.37.